The predicted octanol–water partition coefficient (Wildman–Crippen LogP) is 1.79. The van der Waals surface area contributed by atoms with Crippen molar-refractivity contribution in [3.8, 4) is 0 Å². The molecule has 0 aliphatic heterocycles. The Balaban J connectivity index is 2.72. The third kappa shape index (κ3) is 2.26. The van der Waals surface area contributed by atoms with Gasteiger partial charge in [-0.2, -0.15) is 9.61 Å². The molecule has 0 fully saturated rings. The Kier molecular flexibility index (Phi) is 3.28. The van der Waals surface area contributed by atoms with Gasteiger partial charge in [-0.1, -0.05) is 20.8 Å². The van der Waals surface area contributed by atoms with Crippen LogP contribution in [0, 0.1) is 0 Å². The van der Waals surface area contributed by atoms with Gasteiger partial charge in [0, 0.05) is 11.5 Å². The third-order valence-electron chi connectivity index (χ3n) is 3.18. The Bertz CT molecular complexity index is 755. The minimum absolute atomic E-state index is 0.0311. The maximum Gasteiger partial charge on any atom is 0.185 e. The van der Waals surface area contributed by atoms with Crippen LogP contribution in [0.25, 0.3) is 5.65 Å². The predicted molar refractivity (Wildman–Crippen MR) is 78.4 cm³/mol. The van der Waals surface area contributed by atoms with Crippen LogP contribution in [0.5, 0.6) is 0 Å². The summed E-state index contributed by atoms with van der Waals surface area (Å²) in [5, 5.41) is 3.83. The van der Waals surface area contributed by atoms with Gasteiger partial charge in [0.25, 0.3) is 0 Å². The molecule has 2 rings (SSSR count). The van der Waals surface area contributed by atoms with Crippen LogP contribution in [0.1, 0.15) is 40.3 Å². The van der Waals surface area contributed by atoms with Gasteiger partial charge >= 0.3 is 0 Å². The average molecular weight is 296 g/mol. The number of anilines is 1. The van der Waals surface area contributed by atoms with E-state index in [1.54, 1.807) is 13.8 Å². The summed E-state index contributed by atoms with van der Waals surface area (Å²) in [7, 11) is -3.47. The van der Waals surface area contributed by atoms with E-state index in [-0.39, 0.29) is 16.1 Å². The van der Waals surface area contributed by atoms with Crippen molar-refractivity contribution in [2.75, 3.05) is 5.73 Å². The number of nitrogens with two attached hydrogens (primary N) is 1. The van der Waals surface area contributed by atoms with Crippen LogP contribution in [0.2, 0.25) is 0 Å². The summed E-state index contributed by atoms with van der Waals surface area (Å²) in [6, 6.07) is 1.82. The van der Waals surface area contributed by atoms with Crippen molar-refractivity contribution in [2.45, 2.75) is 50.2 Å². The number of hydrogen-bond donors (Lipinski definition) is 1. The molecule has 0 aliphatic carbocycles. The number of fused-ring (bicyclic) bond motifs is 1. The van der Waals surface area contributed by atoms with E-state index in [1.165, 1.54) is 10.7 Å². The van der Waals surface area contributed by atoms with Crippen molar-refractivity contribution in [2.24, 2.45) is 0 Å². The molecule has 0 radical (unpaired) electrons. The van der Waals surface area contributed by atoms with Crippen LogP contribution >= 0.6 is 0 Å². The molecule has 0 unspecified atom stereocenters. The smallest absolute Gasteiger partial charge is 0.185 e. The minimum atomic E-state index is -3.47. The molecular weight excluding hydrogens is 276 g/mol. The Labute approximate surface area is 118 Å². The second-order valence-corrected chi connectivity index (χ2v) is 8.62. The Morgan fingerprint density at radius 3 is 2.40 bits per heavy atom. The minimum Gasteiger partial charge on any atom is -0.382 e. The number of hydrogen-bond acceptors (Lipinski definition) is 5. The van der Waals surface area contributed by atoms with E-state index in [9.17, 15) is 8.42 Å². The Morgan fingerprint density at radius 2 is 1.90 bits per heavy atom. The normalized spacial score (nSPS) is 13.3. The van der Waals surface area contributed by atoms with Crippen LogP contribution < -0.4 is 5.73 Å². The molecule has 2 aromatic rings. The summed E-state index contributed by atoms with van der Waals surface area (Å²) < 4.78 is 25.9. The van der Waals surface area contributed by atoms with Gasteiger partial charge in [0.05, 0.1) is 17.1 Å². The monoisotopic (exact) mass is 296 g/mol. The van der Waals surface area contributed by atoms with Crippen LogP contribution in [-0.2, 0) is 15.3 Å². The van der Waals surface area contributed by atoms with E-state index in [0.29, 0.717) is 5.65 Å². The van der Waals surface area contributed by atoms with Crippen molar-refractivity contribution >= 4 is 21.3 Å². The third-order valence-corrected chi connectivity index (χ3v) is 5.35. The van der Waals surface area contributed by atoms with E-state index in [2.05, 4.69) is 10.1 Å². The van der Waals surface area contributed by atoms with Gasteiger partial charge in [0.1, 0.15) is 10.7 Å². The van der Waals surface area contributed by atoms with Gasteiger partial charge in [-0.3, -0.25) is 0 Å². The van der Waals surface area contributed by atoms with Crippen molar-refractivity contribution in [1.82, 2.24) is 14.6 Å². The molecule has 20 heavy (non-hydrogen) atoms. The lowest BCUT2D eigenvalue weighted by Gasteiger charge is -2.13. The highest BCUT2D eigenvalue weighted by atomic mass is 32.2. The number of nitrogen functional groups attached to an aromatic ring is 1. The summed E-state index contributed by atoms with van der Waals surface area (Å²) >= 11 is 0. The highest BCUT2D eigenvalue weighted by molar-refractivity contribution is 7.92. The van der Waals surface area contributed by atoms with Gasteiger partial charge in [-0.15, -0.1) is 0 Å². The Morgan fingerprint density at radius 1 is 1.30 bits per heavy atom. The summed E-state index contributed by atoms with van der Waals surface area (Å²) in [5.74, 6) is 0.110. The zero-order valence-corrected chi connectivity index (χ0v) is 13.2. The molecule has 2 heterocycles. The van der Waals surface area contributed by atoms with Gasteiger partial charge in [-0.25, -0.2) is 13.4 Å². The molecule has 0 bridgehead atoms. The zero-order valence-electron chi connectivity index (χ0n) is 12.4. The van der Waals surface area contributed by atoms with Crippen molar-refractivity contribution < 1.29 is 8.42 Å². The van der Waals surface area contributed by atoms with Crippen molar-refractivity contribution in [3.63, 3.8) is 0 Å². The topological polar surface area (TPSA) is 90.3 Å². The number of rotatable bonds is 2. The first-order valence-electron chi connectivity index (χ1n) is 6.44. The van der Waals surface area contributed by atoms with Crippen LogP contribution in [0.15, 0.2) is 17.2 Å². The first-order chi connectivity index (χ1) is 9.05. The van der Waals surface area contributed by atoms with E-state index < -0.39 is 15.1 Å². The highest BCUT2D eigenvalue weighted by Crippen LogP contribution is 2.26. The van der Waals surface area contributed by atoms with Gasteiger partial charge in [0.15, 0.2) is 15.5 Å². The molecule has 0 amide bonds. The lowest BCUT2D eigenvalue weighted by molar-refractivity contribution is 0.562. The first kappa shape index (κ1) is 14.8. The van der Waals surface area contributed by atoms with Crippen LogP contribution in [0.3, 0.4) is 0 Å². The van der Waals surface area contributed by atoms with Crippen molar-refractivity contribution in [3.05, 3.63) is 18.0 Å². The zero-order chi connectivity index (χ0) is 15.3. The molecule has 0 aliphatic rings. The van der Waals surface area contributed by atoms with Crippen LogP contribution in [0.4, 0.5) is 5.82 Å². The lowest BCUT2D eigenvalue weighted by Crippen LogP contribution is -2.18. The molecule has 0 saturated heterocycles. The molecule has 2 aromatic heterocycles. The van der Waals surface area contributed by atoms with E-state index in [0.717, 1.165) is 5.69 Å². The Hall–Kier alpha value is -1.63. The summed E-state index contributed by atoms with van der Waals surface area (Å²) in [4.78, 5) is 4.20. The molecule has 0 spiro atoms. The van der Waals surface area contributed by atoms with Crippen LogP contribution in [-0.4, -0.2) is 28.3 Å². The summed E-state index contributed by atoms with van der Waals surface area (Å²) in [6.07, 6.45) is 1.31. The van der Waals surface area contributed by atoms with Gasteiger partial charge in [-0.05, 0) is 13.8 Å². The molecule has 2 N–H and O–H groups in total. The maximum atomic E-state index is 12.2. The van der Waals surface area contributed by atoms with E-state index in [4.69, 9.17) is 5.73 Å². The number of nitrogens with zero attached hydrogens (tertiary/aromatic N) is 3. The fourth-order valence-corrected chi connectivity index (χ4v) is 2.86. The second kappa shape index (κ2) is 4.44. The van der Waals surface area contributed by atoms with E-state index >= 15 is 0 Å². The summed E-state index contributed by atoms with van der Waals surface area (Å²) in [6.45, 7) is 9.30. The molecule has 110 valence electrons. The molecule has 6 nitrogen and oxygen atoms in total. The van der Waals surface area contributed by atoms with Gasteiger partial charge < -0.3 is 5.73 Å². The van der Waals surface area contributed by atoms with E-state index in [1.807, 2.05) is 26.8 Å². The average Bonchev–Trinajstić information content (AvgIpc) is 2.73. The SMILES string of the molecule is CC(C)S(=O)(=O)c1cnc2cc(C(C)(C)C)nn2c1N. The molecule has 7 heteroatoms. The first-order valence-corrected chi connectivity index (χ1v) is 7.98. The number of aromatic nitrogens is 3. The molecular formula is C13H20N4O2S. The molecule has 0 atom stereocenters. The molecule has 0 saturated carbocycles. The largest absolute Gasteiger partial charge is 0.382 e. The van der Waals surface area contributed by atoms with Gasteiger partial charge in [0.2, 0.25) is 0 Å². The maximum absolute atomic E-state index is 12.2. The second-order valence-electron chi connectivity index (χ2n) is 6.15. The fraction of sp³-hybridized carbons (Fsp3) is 0.538. The van der Waals surface area contributed by atoms with Crippen molar-refractivity contribution in [1.29, 1.82) is 0 Å². The highest BCUT2D eigenvalue weighted by Gasteiger charge is 2.26. The standard InChI is InChI=1S/C13H20N4O2S/c1-8(2)20(18,19)9-7-15-11-6-10(13(3,4)5)16-17(11)12(9)14/h6-8H,14H2,1-5H3. The quantitative estimate of drug-likeness (QED) is 0.912. The molecule has 0 aromatic carbocycles. The fourth-order valence-electron chi connectivity index (χ4n) is 1.78. The number of sulfone groups is 1. The summed E-state index contributed by atoms with van der Waals surface area (Å²) in [5.41, 5.74) is 7.19. The lowest BCUT2D eigenvalue weighted by atomic mass is 9.93.